The monoisotopic (exact) mass is 493 g/mol. The van der Waals surface area contributed by atoms with Crippen molar-refractivity contribution >= 4 is 8.56 Å². The first-order valence-corrected chi connectivity index (χ1v) is 8.98. The standard InChI is InChI=1S/C14H25O2Si.3CH3.Pt/c1-6-9-13-12(4)10-11-14(13)17(5,15-7-2)16-8-3;;;;/h6-9,11H2,1-5H3;3*1H3;/q4*-1;+4. The van der Waals surface area contributed by atoms with Gasteiger partial charge in [0.15, 0.2) is 0 Å². The summed E-state index contributed by atoms with van der Waals surface area (Å²) in [5.74, 6) is 0. The normalized spacial score (nSPS) is 13.5. The molecule has 0 radical (unpaired) electrons. The van der Waals surface area contributed by atoms with E-state index in [-0.39, 0.29) is 43.3 Å². The van der Waals surface area contributed by atoms with Crippen LogP contribution in [0.25, 0.3) is 0 Å². The van der Waals surface area contributed by atoms with E-state index in [1.54, 1.807) is 0 Å². The minimum Gasteiger partial charge on any atom is -0.392 e. The Hall–Kier alpha value is 0.305. The first-order valence-electron chi connectivity index (χ1n) is 6.67. The molecule has 1 rings (SSSR count). The molecule has 2 nitrogen and oxygen atoms in total. The summed E-state index contributed by atoms with van der Waals surface area (Å²) in [4.78, 5) is 0. The van der Waals surface area contributed by atoms with Crippen LogP contribution in [0.3, 0.4) is 0 Å². The van der Waals surface area contributed by atoms with Gasteiger partial charge in [-0.1, -0.05) is 26.7 Å². The first kappa shape index (κ1) is 29.3. The summed E-state index contributed by atoms with van der Waals surface area (Å²) >= 11 is 0. The molecule has 4 heteroatoms. The fourth-order valence-corrected chi connectivity index (χ4v) is 5.25. The number of hydrogen-bond donors (Lipinski definition) is 0. The van der Waals surface area contributed by atoms with Crippen molar-refractivity contribution in [3.8, 4) is 0 Å². The quantitative estimate of drug-likeness (QED) is 0.355. The molecule has 0 amide bonds. The Morgan fingerprint density at radius 1 is 1.05 bits per heavy atom. The van der Waals surface area contributed by atoms with Crippen LogP contribution in [0, 0.1) is 28.4 Å². The Labute approximate surface area is 149 Å². The predicted octanol–water partition coefficient (Wildman–Crippen LogP) is 5.27. The molecule has 0 aromatic carbocycles. The summed E-state index contributed by atoms with van der Waals surface area (Å²) in [6.45, 7) is 12.1. The molecule has 0 atom stereocenters. The van der Waals surface area contributed by atoms with Crippen LogP contribution in [0.2, 0.25) is 6.55 Å². The molecule has 1 aliphatic rings. The van der Waals surface area contributed by atoms with E-state index in [9.17, 15) is 0 Å². The Morgan fingerprint density at radius 3 is 1.90 bits per heavy atom. The van der Waals surface area contributed by atoms with Gasteiger partial charge in [-0.15, -0.1) is 11.6 Å². The van der Waals surface area contributed by atoms with Crippen LogP contribution in [0.5, 0.6) is 0 Å². The van der Waals surface area contributed by atoms with E-state index >= 15 is 0 Å². The van der Waals surface area contributed by atoms with Crippen molar-refractivity contribution in [3.05, 3.63) is 44.7 Å². The van der Waals surface area contributed by atoms with Crippen LogP contribution < -0.4 is 0 Å². The van der Waals surface area contributed by atoms with E-state index in [0.29, 0.717) is 0 Å². The summed E-state index contributed by atoms with van der Waals surface area (Å²) in [5.41, 5.74) is 2.75. The van der Waals surface area contributed by atoms with Crippen LogP contribution in [0.4, 0.5) is 0 Å². The van der Waals surface area contributed by atoms with Crippen LogP contribution >= 0.6 is 0 Å². The molecule has 1 aliphatic carbocycles. The summed E-state index contributed by atoms with van der Waals surface area (Å²) in [6, 6.07) is 0. The molecule has 0 unspecified atom stereocenters. The third-order valence-corrected chi connectivity index (χ3v) is 6.49. The van der Waals surface area contributed by atoms with Crippen LogP contribution in [0.1, 0.15) is 47.0 Å². The van der Waals surface area contributed by atoms with Crippen LogP contribution in [0.15, 0.2) is 16.3 Å². The summed E-state index contributed by atoms with van der Waals surface area (Å²) in [7, 11) is -2.16. The SMILES string of the molecule is CCCC1=C([Si](C)(OCC)OCC)C[C-]=C1C.[CH3-].[CH3-].[CH3-].[Pt+4]. The van der Waals surface area contributed by atoms with Gasteiger partial charge in [-0.3, -0.25) is 6.08 Å². The zero-order valence-corrected chi connectivity index (χ0v) is 18.4. The zero-order valence-electron chi connectivity index (χ0n) is 15.2. The van der Waals surface area contributed by atoms with Gasteiger partial charge < -0.3 is 31.1 Å². The van der Waals surface area contributed by atoms with E-state index in [0.717, 1.165) is 26.1 Å². The van der Waals surface area contributed by atoms with Crippen molar-refractivity contribution in [2.24, 2.45) is 0 Å². The third kappa shape index (κ3) is 7.41. The van der Waals surface area contributed by atoms with Crippen molar-refractivity contribution in [3.63, 3.8) is 0 Å². The largest absolute Gasteiger partial charge is 4.00 e. The number of rotatable bonds is 7. The Bertz CT molecular complexity index is 319. The van der Waals surface area contributed by atoms with E-state index < -0.39 is 8.56 Å². The average molecular weight is 494 g/mol. The molecule has 128 valence electrons. The molecule has 0 aromatic heterocycles. The summed E-state index contributed by atoms with van der Waals surface area (Å²) in [6.07, 6.45) is 6.64. The van der Waals surface area contributed by atoms with Gasteiger partial charge in [0, 0.05) is 13.2 Å². The maximum atomic E-state index is 5.98. The Kier molecular flexibility index (Phi) is 19.5. The fraction of sp³-hybridized carbons (Fsp3) is 0.588. The van der Waals surface area contributed by atoms with Crippen molar-refractivity contribution < 1.29 is 29.9 Å². The molecule has 0 fully saturated rings. The van der Waals surface area contributed by atoms with Crippen LogP contribution in [-0.2, 0) is 29.9 Å². The second kappa shape index (κ2) is 13.9. The first-order chi connectivity index (χ1) is 8.09. The minimum atomic E-state index is -2.16. The Balaban J connectivity index is -0.000000361. The van der Waals surface area contributed by atoms with Crippen molar-refractivity contribution in [2.45, 2.75) is 53.5 Å². The second-order valence-corrected chi connectivity index (χ2v) is 7.57. The van der Waals surface area contributed by atoms with E-state index in [1.807, 2.05) is 13.8 Å². The molecule has 0 N–H and O–H groups in total. The van der Waals surface area contributed by atoms with Gasteiger partial charge in [-0.2, -0.15) is 5.57 Å². The molecule has 0 heterocycles. The van der Waals surface area contributed by atoms with E-state index in [4.69, 9.17) is 8.85 Å². The van der Waals surface area contributed by atoms with Gasteiger partial charge in [0.2, 0.25) is 0 Å². The number of hydrogen-bond acceptors (Lipinski definition) is 2. The molecule has 21 heavy (non-hydrogen) atoms. The van der Waals surface area contributed by atoms with Crippen molar-refractivity contribution in [1.29, 1.82) is 0 Å². The third-order valence-electron chi connectivity index (χ3n) is 3.23. The molecular formula is C17H34O2PtSi. The van der Waals surface area contributed by atoms with Gasteiger partial charge >= 0.3 is 29.6 Å². The summed E-state index contributed by atoms with van der Waals surface area (Å²) in [5, 5.41) is 1.40. The summed E-state index contributed by atoms with van der Waals surface area (Å²) < 4.78 is 12.0. The van der Waals surface area contributed by atoms with Gasteiger partial charge in [0.25, 0.3) is 0 Å². The van der Waals surface area contributed by atoms with Gasteiger partial charge in [-0.25, -0.2) is 5.57 Å². The second-order valence-electron chi connectivity index (χ2n) is 4.50. The topological polar surface area (TPSA) is 18.5 Å². The predicted molar refractivity (Wildman–Crippen MR) is 93.1 cm³/mol. The molecule has 0 aliphatic heterocycles. The van der Waals surface area contributed by atoms with Crippen molar-refractivity contribution in [2.75, 3.05) is 13.2 Å². The zero-order chi connectivity index (χ0) is 12.9. The van der Waals surface area contributed by atoms with E-state index in [2.05, 4.69) is 26.5 Å². The molecular weight excluding hydrogens is 459 g/mol. The Morgan fingerprint density at radius 2 is 1.52 bits per heavy atom. The average Bonchev–Trinajstić information content (AvgIpc) is 2.62. The van der Waals surface area contributed by atoms with Gasteiger partial charge in [-0.05, 0) is 20.4 Å². The smallest absolute Gasteiger partial charge is 0.392 e. The number of allylic oxidation sites excluding steroid dienone is 4. The van der Waals surface area contributed by atoms with Crippen LogP contribution in [-0.4, -0.2) is 21.8 Å². The minimum absolute atomic E-state index is 0. The molecule has 0 saturated carbocycles. The van der Waals surface area contributed by atoms with Crippen molar-refractivity contribution in [1.82, 2.24) is 0 Å². The molecule has 0 saturated heterocycles. The molecule has 0 aromatic rings. The maximum Gasteiger partial charge on any atom is 4.00 e. The molecule has 0 spiro atoms. The van der Waals surface area contributed by atoms with E-state index in [1.165, 1.54) is 22.8 Å². The fourth-order valence-electron chi connectivity index (χ4n) is 2.45. The molecule has 0 bridgehead atoms. The maximum absolute atomic E-state index is 5.98. The van der Waals surface area contributed by atoms with Gasteiger partial charge in [0.05, 0.1) is 0 Å². The van der Waals surface area contributed by atoms with Gasteiger partial charge in [0.1, 0.15) is 0 Å².